The van der Waals surface area contributed by atoms with E-state index in [4.69, 9.17) is 10.5 Å². The van der Waals surface area contributed by atoms with E-state index in [9.17, 15) is 0 Å². The average molecular weight is 237 g/mol. The second-order valence-corrected chi connectivity index (χ2v) is 4.67. The van der Waals surface area contributed by atoms with Gasteiger partial charge in [-0.1, -0.05) is 19.9 Å². The van der Waals surface area contributed by atoms with Gasteiger partial charge >= 0.3 is 0 Å². The Kier molecular flexibility index (Phi) is 5.94. The molecule has 0 aromatic carbocycles. The van der Waals surface area contributed by atoms with E-state index in [2.05, 4.69) is 23.7 Å². The Morgan fingerprint density at radius 1 is 1.47 bits per heavy atom. The van der Waals surface area contributed by atoms with Crippen LogP contribution in [0.4, 0.5) is 5.82 Å². The summed E-state index contributed by atoms with van der Waals surface area (Å²) < 4.78 is 5.13. The molecule has 0 aliphatic carbocycles. The van der Waals surface area contributed by atoms with Gasteiger partial charge in [0.25, 0.3) is 0 Å². The fourth-order valence-corrected chi connectivity index (χ4v) is 1.80. The van der Waals surface area contributed by atoms with Gasteiger partial charge in [0.15, 0.2) is 0 Å². The first kappa shape index (κ1) is 13.9. The average Bonchev–Trinajstić information content (AvgIpc) is 2.28. The zero-order chi connectivity index (χ0) is 12.7. The molecule has 0 aliphatic heterocycles. The van der Waals surface area contributed by atoms with Crippen LogP contribution in [0.1, 0.15) is 19.4 Å². The van der Waals surface area contributed by atoms with Gasteiger partial charge in [0, 0.05) is 38.5 Å². The number of nitrogen functional groups attached to an aromatic ring is 1. The molecule has 0 saturated heterocycles. The van der Waals surface area contributed by atoms with E-state index >= 15 is 0 Å². The van der Waals surface area contributed by atoms with Gasteiger partial charge in [0.05, 0.1) is 6.61 Å². The van der Waals surface area contributed by atoms with Gasteiger partial charge < -0.3 is 10.5 Å². The molecule has 17 heavy (non-hydrogen) atoms. The largest absolute Gasteiger partial charge is 0.383 e. The van der Waals surface area contributed by atoms with E-state index in [1.165, 1.54) is 0 Å². The normalized spacial score (nSPS) is 11.4. The Hall–Kier alpha value is -1.13. The maximum Gasteiger partial charge on any atom is 0.127 e. The molecule has 1 rings (SSSR count). The standard InChI is InChI=1S/C13H23N3O/c1-11(2)9-16(7-8-17-3)10-12-5-4-6-15-13(12)14/h4-6,11H,7-10H2,1-3H3,(H2,14,15). The molecule has 0 amide bonds. The molecule has 0 radical (unpaired) electrons. The van der Waals surface area contributed by atoms with E-state index in [-0.39, 0.29) is 0 Å². The number of hydrogen-bond donors (Lipinski definition) is 1. The minimum absolute atomic E-state index is 0.624. The molecule has 0 spiro atoms. The number of methoxy groups -OCH3 is 1. The maximum atomic E-state index is 5.86. The smallest absolute Gasteiger partial charge is 0.127 e. The molecule has 0 saturated carbocycles. The van der Waals surface area contributed by atoms with Crippen molar-refractivity contribution in [2.75, 3.05) is 32.5 Å². The first-order chi connectivity index (χ1) is 8.13. The fraction of sp³-hybridized carbons (Fsp3) is 0.615. The van der Waals surface area contributed by atoms with Crippen LogP contribution in [0.5, 0.6) is 0 Å². The topological polar surface area (TPSA) is 51.4 Å². The van der Waals surface area contributed by atoms with Crippen molar-refractivity contribution in [1.29, 1.82) is 0 Å². The fourth-order valence-electron chi connectivity index (χ4n) is 1.80. The summed E-state index contributed by atoms with van der Waals surface area (Å²) in [6.45, 7) is 7.97. The third-order valence-electron chi connectivity index (χ3n) is 2.56. The van der Waals surface area contributed by atoms with Crippen molar-refractivity contribution in [3.05, 3.63) is 23.9 Å². The predicted octanol–water partition coefficient (Wildman–Crippen LogP) is 1.77. The monoisotopic (exact) mass is 237 g/mol. The number of ether oxygens (including phenoxy) is 1. The Bertz CT molecular complexity index is 328. The lowest BCUT2D eigenvalue weighted by Gasteiger charge is -2.24. The number of aromatic nitrogens is 1. The van der Waals surface area contributed by atoms with Crippen LogP contribution in [0.15, 0.2) is 18.3 Å². The second kappa shape index (κ2) is 7.25. The lowest BCUT2D eigenvalue weighted by atomic mass is 10.2. The highest BCUT2D eigenvalue weighted by Gasteiger charge is 2.10. The summed E-state index contributed by atoms with van der Waals surface area (Å²) in [4.78, 5) is 6.46. The molecule has 0 unspecified atom stereocenters. The molecule has 0 atom stereocenters. The summed E-state index contributed by atoms with van der Waals surface area (Å²) in [5, 5.41) is 0. The summed E-state index contributed by atoms with van der Waals surface area (Å²) in [5.74, 6) is 1.25. The molecule has 0 fully saturated rings. The molecule has 1 aromatic rings. The molecule has 0 aliphatic rings. The van der Waals surface area contributed by atoms with Gasteiger partial charge in [-0.3, -0.25) is 4.90 Å². The van der Waals surface area contributed by atoms with Gasteiger partial charge in [-0.15, -0.1) is 0 Å². The third-order valence-corrected chi connectivity index (χ3v) is 2.56. The Balaban J connectivity index is 2.61. The van der Waals surface area contributed by atoms with Crippen molar-refractivity contribution in [3.63, 3.8) is 0 Å². The second-order valence-electron chi connectivity index (χ2n) is 4.67. The predicted molar refractivity (Wildman–Crippen MR) is 70.6 cm³/mol. The van der Waals surface area contributed by atoms with E-state index in [1.54, 1.807) is 13.3 Å². The number of pyridine rings is 1. The third kappa shape index (κ3) is 5.15. The van der Waals surface area contributed by atoms with E-state index in [1.807, 2.05) is 12.1 Å². The van der Waals surface area contributed by atoms with Crippen molar-refractivity contribution >= 4 is 5.82 Å². The van der Waals surface area contributed by atoms with Crippen LogP contribution >= 0.6 is 0 Å². The number of rotatable bonds is 7. The van der Waals surface area contributed by atoms with Gasteiger partial charge in [-0.05, 0) is 12.0 Å². The van der Waals surface area contributed by atoms with Crippen molar-refractivity contribution < 1.29 is 4.74 Å². The van der Waals surface area contributed by atoms with E-state index < -0.39 is 0 Å². The Labute approximate surface area is 104 Å². The van der Waals surface area contributed by atoms with Crippen LogP contribution < -0.4 is 5.73 Å². The van der Waals surface area contributed by atoms with Crippen LogP contribution in [0.2, 0.25) is 0 Å². The first-order valence-corrected chi connectivity index (χ1v) is 6.04. The van der Waals surface area contributed by atoms with Gasteiger partial charge in [0.2, 0.25) is 0 Å². The summed E-state index contributed by atoms with van der Waals surface area (Å²) >= 11 is 0. The first-order valence-electron chi connectivity index (χ1n) is 6.04. The summed E-state index contributed by atoms with van der Waals surface area (Å²) in [6.07, 6.45) is 1.72. The minimum Gasteiger partial charge on any atom is -0.383 e. The summed E-state index contributed by atoms with van der Waals surface area (Å²) in [6, 6.07) is 3.96. The van der Waals surface area contributed by atoms with E-state index in [0.29, 0.717) is 11.7 Å². The van der Waals surface area contributed by atoms with Crippen molar-refractivity contribution in [2.45, 2.75) is 20.4 Å². The molecular weight excluding hydrogens is 214 g/mol. The molecule has 4 nitrogen and oxygen atoms in total. The maximum absolute atomic E-state index is 5.86. The van der Waals surface area contributed by atoms with Gasteiger partial charge in [-0.2, -0.15) is 0 Å². The number of anilines is 1. The molecule has 0 bridgehead atoms. The molecule has 1 aromatic heterocycles. The van der Waals surface area contributed by atoms with Crippen LogP contribution in [0.25, 0.3) is 0 Å². The van der Waals surface area contributed by atoms with Crippen LogP contribution in [0, 0.1) is 5.92 Å². The highest BCUT2D eigenvalue weighted by Crippen LogP contribution is 2.11. The van der Waals surface area contributed by atoms with Crippen LogP contribution in [-0.4, -0.2) is 36.7 Å². The lowest BCUT2D eigenvalue weighted by molar-refractivity contribution is 0.136. The Morgan fingerprint density at radius 2 is 2.24 bits per heavy atom. The van der Waals surface area contributed by atoms with Crippen molar-refractivity contribution in [3.8, 4) is 0 Å². The number of nitrogens with zero attached hydrogens (tertiary/aromatic N) is 2. The van der Waals surface area contributed by atoms with Crippen LogP contribution in [0.3, 0.4) is 0 Å². The van der Waals surface area contributed by atoms with Gasteiger partial charge in [-0.25, -0.2) is 4.98 Å². The highest BCUT2D eigenvalue weighted by molar-refractivity contribution is 5.38. The zero-order valence-corrected chi connectivity index (χ0v) is 11.0. The molecule has 96 valence electrons. The molecule has 4 heteroatoms. The quantitative estimate of drug-likeness (QED) is 0.785. The number of nitrogens with two attached hydrogens (primary N) is 1. The molecule has 1 heterocycles. The van der Waals surface area contributed by atoms with Crippen molar-refractivity contribution in [2.24, 2.45) is 5.92 Å². The van der Waals surface area contributed by atoms with Crippen LogP contribution in [-0.2, 0) is 11.3 Å². The Morgan fingerprint density at radius 3 is 2.82 bits per heavy atom. The minimum atomic E-state index is 0.624. The molecular formula is C13H23N3O. The SMILES string of the molecule is COCCN(Cc1cccnc1N)CC(C)C. The lowest BCUT2D eigenvalue weighted by Crippen LogP contribution is -2.31. The summed E-state index contributed by atoms with van der Waals surface area (Å²) in [7, 11) is 1.73. The van der Waals surface area contributed by atoms with E-state index in [0.717, 1.165) is 31.8 Å². The molecule has 2 N–H and O–H groups in total. The number of hydrogen-bond acceptors (Lipinski definition) is 4. The zero-order valence-electron chi connectivity index (χ0n) is 11.0. The highest BCUT2D eigenvalue weighted by atomic mass is 16.5. The summed E-state index contributed by atoms with van der Waals surface area (Å²) in [5.41, 5.74) is 6.95. The van der Waals surface area contributed by atoms with Crippen molar-refractivity contribution in [1.82, 2.24) is 9.88 Å². The van der Waals surface area contributed by atoms with Gasteiger partial charge in [0.1, 0.15) is 5.82 Å².